The molecule has 136 valence electrons. The molecule has 26 heavy (non-hydrogen) atoms. The third-order valence-corrected chi connectivity index (χ3v) is 6.00. The minimum atomic E-state index is -3.64. The molecule has 0 aliphatic heterocycles. The first-order valence-corrected chi connectivity index (χ1v) is 10.3. The molecule has 6 nitrogen and oxygen atoms in total. The molecule has 1 amide bonds. The molecule has 3 rings (SSSR count). The predicted molar refractivity (Wildman–Crippen MR) is 100 cm³/mol. The summed E-state index contributed by atoms with van der Waals surface area (Å²) in [6.45, 7) is 0.0799. The number of hydrogen-bond donors (Lipinski definition) is 2. The minimum absolute atomic E-state index is 0.0799. The number of rotatable bonds is 8. The number of aryl methyl sites for hydroxylation is 1. The molecule has 2 aromatic heterocycles. The van der Waals surface area contributed by atoms with Gasteiger partial charge in [-0.3, -0.25) is 4.79 Å². The molecule has 2 heterocycles. The Morgan fingerprint density at radius 2 is 1.88 bits per heavy atom. The molecule has 0 bridgehead atoms. The summed E-state index contributed by atoms with van der Waals surface area (Å²) >= 11 is 1.62. The van der Waals surface area contributed by atoms with Crippen LogP contribution in [0.25, 0.3) is 0 Å². The lowest BCUT2D eigenvalue weighted by Gasteiger charge is -2.08. The van der Waals surface area contributed by atoms with Gasteiger partial charge < -0.3 is 9.73 Å². The molecular weight excluding hydrogens is 372 g/mol. The second kappa shape index (κ2) is 8.31. The van der Waals surface area contributed by atoms with Gasteiger partial charge in [0.25, 0.3) is 0 Å². The Morgan fingerprint density at radius 3 is 2.54 bits per heavy atom. The Labute approximate surface area is 155 Å². The molecule has 0 spiro atoms. The highest BCUT2D eigenvalue weighted by Crippen LogP contribution is 2.16. The lowest BCUT2D eigenvalue weighted by Crippen LogP contribution is -2.23. The molecule has 8 heteroatoms. The maximum atomic E-state index is 12.3. The average Bonchev–Trinajstić information content (AvgIpc) is 3.32. The maximum absolute atomic E-state index is 12.3. The summed E-state index contributed by atoms with van der Waals surface area (Å²) in [6, 6.07) is 13.4. The summed E-state index contributed by atoms with van der Waals surface area (Å²) in [5.41, 5.74) is 0.561. The van der Waals surface area contributed by atoms with Gasteiger partial charge in [-0.25, -0.2) is 13.1 Å². The van der Waals surface area contributed by atoms with Crippen molar-refractivity contribution in [3.63, 3.8) is 0 Å². The van der Waals surface area contributed by atoms with Crippen molar-refractivity contribution >= 4 is 33.0 Å². The molecule has 0 aliphatic carbocycles. The smallest absolute Gasteiger partial charge is 0.240 e. The highest BCUT2D eigenvalue weighted by atomic mass is 32.2. The Bertz CT molecular complexity index is 932. The predicted octanol–water partition coefficient (Wildman–Crippen LogP) is 3.39. The van der Waals surface area contributed by atoms with E-state index in [2.05, 4.69) is 10.0 Å². The Kier molecular flexibility index (Phi) is 5.87. The summed E-state index contributed by atoms with van der Waals surface area (Å²) in [5, 5.41) is 4.75. The first-order chi connectivity index (χ1) is 12.5. The van der Waals surface area contributed by atoms with E-state index in [0.29, 0.717) is 24.3 Å². The Morgan fingerprint density at radius 1 is 1.08 bits per heavy atom. The van der Waals surface area contributed by atoms with Gasteiger partial charge >= 0.3 is 0 Å². The molecule has 0 saturated carbocycles. The number of furan rings is 1. The highest BCUT2D eigenvalue weighted by Gasteiger charge is 2.14. The molecule has 0 fully saturated rings. The second-order valence-electron chi connectivity index (χ2n) is 5.56. The number of carbonyl (C=O) groups excluding carboxylic acids is 1. The number of amides is 1. The molecule has 0 saturated heterocycles. The molecule has 3 aromatic rings. The van der Waals surface area contributed by atoms with Crippen LogP contribution in [-0.4, -0.2) is 14.3 Å². The zero-order valence-corrected chi connectivity index (χ0v) is 15.5. The van der Waals surface area contributed by atoms with Crippen molar-refractivity contribution in [3.8, 4) is 0 Å². The van der Waals surface area contributed by atoms with E-state index in [4.69, 9.17) is 4.42 Å². The van der Waals surface area contributed by atoms with E-state index in [1.54, 1.807) is 35.6 Å². The van der Waals surface area contributed by atoms with Crippen molar-refractivity contribution in [2.75, 3.05) is 5.32 Å². The van der Waals surface area contributed by atoms with Crippen LogP contribution in [0.2, 0.25) is 0 Å². The topological polar surface area (TPSA) is 88.4 Å². The van der Waals surface area contributed by atoms with Gasteiger partial charge in [-0.15, -0.1) is 11.3 Å². The van der Waals surface area contributed by atoms with Gasteiger partial charge in [0.2, 0.25) is 15.9 Å². The monoisotopic (exact) mass is 390 g/mol. The van der Waals surface area contributed by atoms with Crippen molar-refractivity contribution in [2.45, 2.75) is 24.3 Å². The van der Waals surface area contributed by atoms with Gasteiger partial charge in [0, 0.05) is 17.0 Å². The third-order valence-electron chi connectivity index (χ3n) is 3.64. The van der Waals surface area contributed by atoms with Crippen molar-refractivity contribution < 1.29 is 17.6 Å². The van der Waals surface area contributed by atoms with Crippen LogP contribution in [0.1, 0.15) is 17.1 Å². The van der Waals surface area contributed by atoms with E-state index < -0.39 is 10.0 Å². The second-order valence-corrected chi connectivity index (χ2v) is 8.36. The van der Waals surface area contributed by atoms with E-state index in [-0.39, 0.29) is 17.3 Å². The average molecular weight is 390 g/mol. The number of hydrogen-bond acceptors (Lipinski definition) is 5. The van der Waals surface area contributed by atoms with Crippen LogP contribution in [-0.2, 0) is 27.8 Å². The van der Waals surface area contributed by atoms with E-state index in [0.717, 1.165) is 4.88 Å². The Hall–Kier alpha value is -2.42. The number of carbonyl (C=O) groups is 1. The maximum Gasteiger partial charge on any atom is 0.240 e. The highest BCUT2D eigenvalue weighted by molar-refractivity contribution is 7.89. The zero-order chi connectivity index (χ0) is 18.4. The first-order valence-electron chi connectivity index (χ1n) is 7.97. The normalized spacial score (nSPS) is 11.4. The minimum Gasteiger partial charge on any atom is -0.468 e. The lowest BCUT2D eigenvalue weighted by atomic mass is 10.2. The molecular formula is C18H18N2O4S2. The number of sulfonamides is 1. The van der Waals surface area contributed by atoms with Gasteiger partial charge in [-0.2, -0.15) is 0 Å². The fourth-order valence-electron chi connectivity index (χ4n) is 2.30. The van der Waals surface area contributed by atoms with Crippen molar-refractivity contribution in [3.05, 3.63) is 70.8 Å². The zero-order valence-electron chi connectivity index (χ0n) is 13.8. The summed E-state index contributed by atoms with van der Waals surface area (Å²) in [6.07, 6.45) is 2.55. The van der Waals surface area contributed by atoms with Crippen LogP contribution in [0, 0.1) is 0 Å². The van der Waals surface area contributed by atoms with E-state index in [1.807, 2.05) is 17.5 Å². The molecule has 2 N–H and O–H groups in total. The number of benzene rings is 1. The number of anilines is 1. The van der Waals surface area contributed by atoms with Crippen LogP contribution in [0.3, 0.4) is 0 Å². The van der Waals surface area contributed by atoms with Gasteiger partial charge in [-0.1, -0.05) is 6.07 Å². The summed E-state index contributed by atoms with van der Waals surface area (Å²) in [7, 11) is -3.64. The van der Waals surface area contributed by atoms with Crippen LogP contribution in [0.5, 0.6) is 0 Å². The van der Waals surface area contributed by atoms with Crippen LogP contribution in [0.15, 0.2) is 69.5 Å². The van der Waals surface area contributed by atoms with Gasteiger partial charge in [0.1, 0.15) is 5.76 Å². The van der Waals surface area contributed by atoms with Crippen LogP contribution in [0.4, 0.5) is 5.69 Å². The van der Waals surface area contributed by atoms with Crippen LogP contribution < -0.4 is 10.0 Å². The van der Waals surface area contributed by atoms with Crippen LogP contribution >= 0.6 is 11.3 Å². The van der Waals surface area contributed by atoms with Crippen molar-refractivity contribution in [2.24, 2.45) is 0 Å². The molecule has 0 aliphatic rings. The van der Waals surface area contributed by atoms with Gasteiger partial charge in [0.05, 0.1) is 17.7 Å². The number of nitrogens with one attached hydrogen (secondary N) is 2. The summed E-state index contributed by atoms with van der Waals surface area (Å²) < 4.78 is 32.1. The summed E-state index contributed by atoms with van der Waals surface area (Å²) in [4.78, 5) is 13.3. The number of thiophene rings is 1. The summed E-state index contributed by atoms with van der Waals surface area (Å²) in [5.74, 6) is 0.424. The fourth-order valence-corrected chi connectivity index (χ4v) is 4.00. The molecule has 0 atom stereocenters. The first kappa shape index (κ1) is 18.4. The standard InChI is InChI=1S/C18H18N2O4S2/c21-18(10-7-16-4-2-12-25-16)20-14-5-8-17(9-6-14)26(22,23)19-13-15-3-1-11-24-15/h1-6,8-9,11-12,19H,7,10,13H2,(H,20,21). The van der Waals surface area contributed by atoms with Gasteiger partial charge in [0.15, 0.2) is 0 Å². The fraction of sp³-hybridized carbons (Fsp3) is 0.167. The SMILES string of the molecule is O=C(CCc1cccs1)Nc1ccc(S(=O)(=O)NCc2ccco2)cc1. The molecule has 1 aromatic carbocycles. The van der Waals surface area contributed by atoms with Gasteiger partial charge in [-0.05, 0) is 54.3 Å². The molecule has 0 unspecified atom stereocenters. The van der Waals surface area contributed by atoms with E-state index in [9.17, 15) is 13.2 Å². The largest absolute Gasteiger partial charge is 0.468 e. The third kappa shape index (κ3) is 5.04. The van der Waals surface area contributed by atoms with E-state index >= 15 is 0 Å². The quantitative estimate of drug-likeness (QED) is 0.617. The van der Waals surface area contributed by atoms with E-state index in [1.165, 1.54) is 18.4 Å². The Balaban J connectivity index is 1.54. The lowest BCUT2D eigenvalue weighted by molar-refractivity contribution is -0.116. The van der Waals surface area contributed by atoms with Crippen molar-refractivity contribution in [1.29, 1.82) is 0 Å². The molecule has 0 radical (unpaired) electrons. The van der Waals surface area contributed by atoms with Crippen molar-refractivity contribution in [1.82, 2.24) is 4.72 Å².